The van der Waals surface area contributed by atoms with Crippen molar-refractivity contribution in [2.45, 2.75) is 5.09 Å². The smallest absolute Gasteiger partial charge is 0.372 e. The summed E-state index contributed by atoms with van der Waals surface area (Å²) in [5, 5.41) is 7.64. The number of hydrogen-bond acceptors (Lipinski definition) is 3. The van der Waals surface area contributed by atoms with Crippen molar-refractivity contribution in [3.63, 3.8) is 0 Å². The first-order valence-corrected chi connectivity index (χ1v) is 3.05. The maximum Gasteiger partial charge on any atom is 0.372 e. The van der Waals surface area contributed by atoms with Crippen molar-refractivity contribution >= 4 is 17.1 Å². The molecule has 0 aromatic carbocycles. The van der Waals surface area contributed by atoms with Crippen LogP contribution in [0.3, 0.4) is 0 Å². The van der Waals surface area contributed by atoms with E-state index in [0.717, 1.165) is 0 Å². The number of furan rings is 1. The molecule has 0 atom stereocenters. The third-order valence-electron chi connectivity index (χ3n) is 0.683. The fraction of sp³-hybridized carbons (Fsp3) is 0. The van der Waals surface area contributed by atoms with Crippen molar-refractivity contribution in [1.82, 2.24) is 0 Å². The maximum absolute atomic E-state index is 9.97. The van der Waals surface area contributed by atoms with Gasteiger partial charge < -0.3 is 9.52 Å². The van der Waals surface area contributed by atoms with Gasteiger partial charge in [0, 0.05) is 11.8 Å². The van der Waals surface area contributed by atoms with Crippen LogP contribution >= 0.6 is 11.8 Å². The highest BCUT2D eigenvalue weighted by atomic mass is 32.2. The van der Waals surface area contributed by atoms with Crippen LogP contribution in [0.15, 0.2) is 27.9 Å². The second-order valence-electron chi connectivity index (χ2n) is 1.30. The molecule has 0 saturated heterocycles. The molecule has 0 saturated carbocycles. The van der Waals surface area contributed by atoms with Crippen LogP contribution in [0.5, 0.6) is 0 Å². The molecular weight excluding hydrogens is 140 g/mol. The Balaban J connectivity index is 2.58. The van der Waals surface area contributed by atoms with Crippen LogP contribution < -0.4 is 0 Å². The second-order valence-corrected chi connectivity index (χ2v) is 2.26. The molecule has 0 aliphatic carbocycles. The van der Waals surface area contributed by atoms with Gasteiger partial charge >= 0.3 is 5.30 Å². The van der Waals surface area contributed by atoms with Crippen LogP contribution in [0.1, 0.15) is 0 Å². The molecule has 3 nitrogen and oxygen atoms in total. The summed E-state index contributed by atoms with van der Waals surface area (Å²) in [6.07, 6.45) is 1.44. The minimum absolute atomic E-state index is 0.405. The lowest BCUT2D eigenvalue weighted by Gasteiger charge is -1.84. The molecule has 0 aliphatic rings. The van der Waals surface area contributed by atoms with Gasteiger partial charge in [0.05, 0.1) is 6.26 Å². The van der Waals surface area contributed by atoms with Crippen molar-refractivity contribution in [1.29, 1.82) is 0 Å². The Morgan fingerprint density at radius 1 is 1.78 bits per heavy atom. The largest absolute Gasteiger partial charge is 0.473 e. The highest BCUT2D eigenvalue weighted by molar-refractivity contribution is 8.13. The van der Waals surface area contributed by atoms with Gasteiger partial charge in [-0.3, -0.25) is 0 Å². The average Bonchev–Trinajstić information content (AvgIpc) is 2.15. The zero-order valence-electron chi connectivity index (χ0n) is 4.40. The third-order valence-corrected chi connectivity index (χ3v) is 1.29. The van der Waals surface area contributed by atoms with Gasteiger partial charge in [0.1, 0.15) is 0 Å². The molecule has 1 aromatic rings. The monoisotopic (exact) mass is 144 g/mol. The first kappa shape index (κ1) is 6.22. The number of carbonyl (C=O) groups is 1. The summed E-state index contributed by atoms with van der Waals surface area (Å²) in [5.41, 5.74) is 0. The van der Waals surface area contributed by atoms with E-state index in [4.69, 9.17) is 9.52 Å². The van der Waals surface area contributed by atoms with Crippen LogP contribution in [0.4, 0.5) is 4.79 Å². The highest BCUT2D eigenvalue weighted by Gasteiger charge is 2.01. The van der Waals surface area contributed by atoms with Crippen molar-refractivity contribution < 1.29 is 14.3 Å². The predicted molar refractivity (Wildman–Crippen MR) is 32.6 cm³/mol. The second kappa shape index (κ2) is 2.59. The lowest BCUT2D eigenvalue weighted by atomic mass is 10.7. The molecule has 1 rings (SSSR count). The molecule has 0 unspecified atom stereocenters. The fourth-order valence-electron chi connectivity index (χ4n) is 0.408. The van der Waals surface area contributed by atoms with Crippen LogP contribution in [0.2, 0.25) is 0 Å². The lowest BCUT2D eigenvalue weighted by molar-refractivity contribution is 0.222. The average molecular weight is 144 g/mol. The minimum atomic E-state index is -0.954. The van der Waals surface area contributed by atoms with Gasteiger partial charge in [0.25, 0.3) is 0 Å². The van der Waals surface area contributed by atoms with Gasteiger partial charge in [-0.1, -0.05) is 0 Å². The predicted octanol–water partition coefficient (Wildman–Crippen LogP) is 2.05. The molecule has 0 aliphatic heterocycles. The molecule has 9 heavy (non-hydrogen) atoms. The molecule has 1 N–H and O–H groups in total. The lowest BCUT2D eigenvalue weighted by Crippen LogP contribution is -1.79. The van der Waals surface area contributed by atoms with E-state index in [0.29, 0.717) is 16.9 Å². The van der Waals surface area contributed by atoms with Crippen LogP contribution in [-0.2, 0) is 0 Å². The van der Waals surface area contributed by atoms with E-state index >= 15 is 0 Å². The molecule has 1 heterocycles. The zero-order chi connectivity index (χ0) is 6.69. The Bertz CT molecular complexity index is 192. The standard InChI is InChI=1S/C5H4O3S/c6-5(7)9-4-2-1-3-8-4/h1-3H,(H,6,7). The summed E-state index contributed by atoms with van der Waals surface area (Å²) < 4.78 is 4.73. The third kappa shape index (κ3) is 1.81. The Labute approximate surface area is 55.7 Å². The van der Waals surface area contributed by atoms with Crippen LogP contribution in [0.25, 0.3) is 0 Å². The summed E-state index contributed by atoms with van der Waals surface area (Å²) >= 11 is 0.655. The Hall–Kier alpha value is -0.900. The molecule has 1 aromatic heterocycles. The first-order valence-electron chi connectivity index (χ1n) is 2.23. The van der Waals surface area contributed by atoms with Crippen LogP contribution in [-0.4, -0.2) is 10.4 Å². The number of hydrogen-bond donors (Lipinski definition) is 1. The summed E-state index contributed by atoms with van der Waals surface area (Å²) in [4.78, 5) is 9.97. The van der Waals surface area contributed by atoms with E-state index in [-0.39, 0.29) is 0 Å². The maximum atomic E-state index is 9.97. The minimum Gasteiger partial charge on any atom is -0.473 e. The van der Waals surface area contributed by atoms with E-state index in [9.17, 15) is 4.79 Å². The summed E-state index contributed by atoms with van der Waals surface area (Å²) in [6.45, 7) is 0. The SMILES string of the molecule is O=C(O)Sc1ccco1. The quantitative estimate of drug-likeness (QED) is 0.613. The van der Waals surface area contributed by atoms with E-state index in [1.54, 1.807) is 12.1 Å². The van der Waals surface area contributed by atoms with E-state index in [2.05, 4.69) is 0 Å². The topological polar surface area (TPSA) is 50.4 Å². The van der Waals surface area contributed by atoms with Gasteiger partial charge in [0.2, 0.25) is 0 Å². The van der Waals surface area contributed by atoms with E-state index in [1.807, 2.05) is 0 Å². The highest BCUT2D eigenvalue weighted by Crippen LogP contribution is 2.17. The molecule has 0 fully saturated rings. The van der Waals surface area contributed by atoms with Gasteiger partial charge in [-0.05, 0) is 12.1 Å². The summed E-state index contributed by atoms with van der Waals surface area (Å²) in [6, 6.07) is 3.24. The zero-order valence-corrected chi connectivity index (χ0v) is 5.22. The van der Waals surface area contributed by atoms with Gasteiger partial charge in [-0.2, -0.15) is 0 Å². The Morgan fingerprint density at radius 2 is 2.56 bits per heavy atom. The molecule has 0 radical (unpaired) electrons. The van der Waals surface area contributed by atoms with Gasteiger partial charge in [-0.25, -0.2) is 4.79 Å². The number of thioether (sulfide) groups is 1. The molecule has 48 valence electrons. The first-order chi connectivity index (χ1) is 4.29. The molecule has 0 spiro atoms. The molecular formula is C5H4O3S. The van der Waals surface area contributed by atoms with Crippen molar-refractivity contribution in [2.75, 3.05) is 0 Å². The fourth-order valence-corrected chi connectivity index (χ4v) is 0.830. The summed E-state index contributed by atoms with van der Waals surface area (Å²) in [5.74, 6) is 0. The molecule has 0 amide bonds. The van der Waals surface area contributed by atoms with Crippen molar-refractivity contribution in [2.24, 2.45) is 0 Å². The number of carboxylic acid groups (broad SMARTS) is 1. The molecule has 0 bridgehead atoms. The van der Waals surface area contributed by atoms with E-state index in [1.165, 1.54) is 6.26 Å². The van der Waals surface area contributed by atoms with Crippen molar-refractivity contribution in [3.05, 3.63) is 18.4 Å². The van der Waals surface area contributed by atoms with Gasteiger partial charge in [-0.15, -0.1) is 0 Å². The Morgan fingerprint density at radius 3 is 3.00 bits per heavy atom. The normalized spacial score (nSPS) is 9.33. The van der Waals surface area contributed by atoms with Crippen molar-refractivity contribution in [3.8, 4) is 0 Å². The Kier molecular flexibility index (Phi) is 1.79. The van der Waals surface area contributed by atoms with Crippen LogP contribution in [0, 0.1) is 0 Å². The van der Waals surface area contributed by atoms with Gasteiger partial charge in [0.15, 0.2) is 5.09 Å². The molecule has 4 heteroatoms. The van der Waals surface area contributed by atoms with E-state index < -0.39 is 5.30 Å². The number of rotatable bonds is 1. The summed E-state index contributed by atoms with van der Waals surface area (Å²) in [7, 11) is 0.